The van der Waals surface area contributed by atoms with E-state index in [1.807, 2.05) is 0 Å². The summed E-state index contributed by atoms with van der Waals surface area (Å²) in [6, 6.07) is 0. The number of nitrogens with zero attached hydrogens (tertiary/aromatic N) is 2. The van der Waals surface area contributed by atoms with Crippen LogP contribution in [-0.2, 0) is 17.1 Å². The van der Waals surface area contributed by atoms with Gasteiger partial charge in [-0.15, -0.1) is 10.2 Å². The van der Waals surface area contributed by atoms with Crippen molar-refractivity contribution in [1.82, 2.24) is 10.2 Å². The Morgan fingerprint density at radius 3 is 1.36 bits per heavy atom. The molecule has 1 rings (SSSR count). The second kappa shape index (κ2) is 13.8. The molecule has 0 aliphatic carbocycles. The first kappa shape index (κ1) is 18.1. The van der Waals surface area contributed by atoms with Gasteiger partial charge in [0.2, 0.25) is 25.1 Å². The van der Waals surface area contributed by atoms with Gasteiger partial charge in [0.1, 0.15) is 0 Å². The van der Waals surface area contributed by atoms with Crippen LogP contribution in [-0.4, -0.2) is 32.7 Å². The SMILES string of the molecule is O=C([O-])O.O=C([O-])O.[Mn+2].c1nnco1. The third kappa shape index (κ3) is 84.3. The number of carboxylic acid groups (broad SMARTS) is 4. The normalized spacial score (nSPS) is 6.29. The van der Waals surface area contributed by atoms with Crippen LogP contribution < -0.4 is 10.2 Å². The molecule has 0 fully saturated rings. The van der Waals surface area contributed by atoms with Crippen molar-refractivity contribution in [3.8, 4) is 0 Å². The van der Waals surface area contributed by atoms with Crippen LogP contribution in [0.15, 0.2) is 17.2 Å². The summed E-state index contributed by atoms with van der Waals surface area (Å²) in [6.45, 7) is 0. The topological polar surface area (TPSA) is 160 Å². The van der Waals surface area contributed by atoms with Crippen LogP contribution in [0.3, 0.4) is 0 Å². The van der Waals surface area contributed by atoms with Gasteiger partial charge in [-0.05, 0) is 0 Å². The molecule has 0 amide bonds. The number of carbonyl (C=O) groups is 2. The average molecular weight is 247 g/mol. The minimum atomic E-state index is -2.08. The van der Waals surface area contributed by atoms with Gasteiger partial charge in [-0.1, -0.05) is 0 Å². The van der Waals surface area contributed by atoms with Crippen molar-refractivity contribution in [3.63, 3.8) is 0 Å². The smallest absolute Gasteiger partial charge is 0.565 e. The molecule has 1 heterocycles. The van der Waals surface area contributed by atoms with Gasteiger partial charge in [-0.3, -0.25) is 0 Å². The second-order valence-corrected chi connectivity index (χ2v) is 1.11. The zero-order valence-electron chi connectivity index (χ0n) is 6.36. The maximum Gasteiger partial charge on any atom is 2.00 e. The van der Waals surface area contributed by atoms with Gasteiger partial charge in [-0.2, -0.15) is 0 Å². The second-order valence-electron chi connectivity index (χ2n) is 1.11. The van der Waals surface area contributed by atoms with Crippen LogP contribution in [0.4, 0.5) is 9.59 Å². The summed E-state index contributed by atoms with van der Waals surface area (Å²) in [6.07, 6.45) is -1.64. The molecule has 1 radical (unpaired) electrons. The van der Waals surface area contributed by atoms with Gasteiger partial charge in [0.15, 0.2) is 0 Å². The number of aromatic nitrogens is 2. The van der Waals surface area contributed by atoms with Crippen molar-refractivity contribution in [2.75, 3.05) is 0 Å². The summed E-state index contributed by atoms with van der Waals surface area (Å²) >= 11 is 0. The summed E-state index contributed by atoms with van der Waals surface area (Å²) in [5.41, 5.74) is 0. The molecule has 0 saturated heterocycles. The molecular formula is C4H4MnN2O7. The Bertz CT molecular complexity index is 188. The third-order valence-corrected chi connectivity index (χ3v) is 0.283. The zero-order chi connectivity index (χ0) is 10.7. The van der Waals surface area contributed by atoms with Crippen molar-refractivity contribution in [3.05, 3.63) is 12.8 Å². The van der Waals surface area contributed by atoms with E-state index in [1.54, 1.807) is 0 Å². The van der Waals surface area contributed by atoms with E-state index >= 15 is 0 Å². The summed E-state index contributed by atoms with van der Waals surface area (Å²) in [4.78, 5) is 16.9. The number of rotatable bonds is 0. The van der Waals surface area contributed by atoms with Crippen LogP contribution in [0.2, 0.25) is 0 Å². The molecule has 9 nitrogen and oxygen atoms in total. The Kier molecular flexibility index (Phi) is 17.8. The summed E-state index contributed by atoms with van der Waals surface area (Å²) in [7, 11) is 0. The fourth-order valence-corrected chi connectivity index (χ4v) is 0.136. The van der Waals surface area contributed by atoms with Gasteiger partial charge in [-0.25, -0.2) is 0 Å². The molecule has 0 unspecified atom stereocenters. The van der Waals surface area contributed by atoms with Gasteiger partial charge in [0.05, 0.1) is 0 Å². The van der Waals surface area contributed by atoms with Crippen molar-refractivity contribution < 1.29 is 51.5 Å². The molecule has 0 spiro atoms. The Morgan fingerprint density at radius 1 is 1.07 bits per heavy atom. The molecule has 79 valence electrons. The van der Waals surface area contributed by atoms with Crippen molar-refractivity contribution >= 4 is 12.3 Å². The molecule has 2 N–H and O–H groups in total. The number of hydrogen-bond donors (Lipinski definition) is 2. The van der Waals surface area contributed by atoms with Crippen molar-refractivity contribution in [2.24, 2.45) is 0 Å². The standard InChI is InChI=1S/C2H2N2O.2CH2O3.Mn/c1-3-4-2-5-1;2*2-1(3)4;/h1-2H;2*(H2,2,3,4);/q;;;+2/p-2. The summed E-state index contributed by atoms with van der Waals surface area (Å²) in [5, 5.41) is 37.2. The van der Waals surface area contributed by atoms with E-state index in [4.69, 9.17) is 30.0 Å². The largest absolute Gasteiger partial charge is 2.00 e. The van der Waals surface area contributed by atoms with Crippen LogP contribution in [0.25, 0.3) is 0 Å². The fraction of sp³-hybridized carbons (Fsp3) is 0. The molecule has 0 aliphatic heterocycles. The van der Waals surface area contributed by atoms with Crippen molar-refractivity contribution in [1.29, 1.82) is 0 Å². The van der Waals surface area contributed by atoms with Crippen LogP contribution in [0.1, 0.15) is 0 Å². The first-order chi connectivity index (χ1) is 5.96. The van der Waals surface area contributed by atoms with E-state index in [2.05, 4.69) is 14.6 Å². The summed E-state index contributed by atoms with van der Waals surface area (Å²) in [5.74, 6) is 0. The van der Waals surface area contributed by atoms with Crippen LogP contribution >= 0.6 is 0 Å². The maximum atomic E-state index is 8.44. The van der Waals surface area contributed by atoms with Gasteiger partial charge in [0, 0.05) is 0 Å². The van der Waals surface area contributed by atoms with E-state index in [9.17, 15) is 0 Å². The van der Waals surface area contributed by atoms with Gasteiger partial charge >= 0.3 is 17.1 Å². The van der Waals surface area contributed by atoms with E-state index in [0.29, 0.717) is 0 Å². The van der Waals surface area contributed by atoms with Crippen LogP contribution in [0.5, 0.6) is 0 Å². The Hall–Kier alpha value is -1.80. The Morgan fingerprint density at radius 2 is 1.29 bits per heavy atom. The molecule has 0 atom stereocenters. The predicted molar refractivity (Wildman–Crippen MR) is 30.3 cm³/mol. The molecule has 1 aromatic rings. The molecule has 10 heteroatoms. The maximum absolute atomic E-state index is 8.44. The zero-order valence-corrected chi connectivity index (χ0v) is 7.54. The molecule has 14 heavy (non-hydrogen) atoms. The molecule has 0 aromatic carbocycles. The quantitative estimate of drug-likeness (QED) is 0.486. The summed E-state index contributed by atoms with van der Waals surface area (Å²) < 4.78 is 4.36. The van der Waals surface area contributed by atoms with E-state index < -0.39 is 12.3 Å². The van der Waals surface area contributed by atoms with Crippen molar-refractivity contribution in [2.45, 2.75) is 0 Å². The predicted octanol–water partition coefficient (Wildman–Crippen LogP) is -2.16. The van der Waals surface area contributed by atoms with Gasteiger partial charge < -0.3 is 34.4 Å². The van der Waals surface area contributed by atoms with E-state index in [-0.39, 0.29) is 17.1 Å². The molecular weight excluding hydrogens is 243 g/mol. The molecule has 1 aromatic heterocycles. The Labute approximate surface area is 87.5 Å². The van der Waals surface area contributed by atoms with Gasteiger partial charge in [0.25, 0.3) is 0 Å². The first-order valence-corrected chi connectivity index (χ1v) is 2.45. The molecule has 0 bridgehead atoms. The average Bonchev–Trinajstić information content (AvgIpc) is 2.35. The monoisotopic (exact) mass is 247 g/mol. The first-order valence-electron chi connectivity index (χ1n) is 2.45. The number of hydrogen-bond acceptors (Lipinski definition) is 7. The van der Waals surface area contributed by atoms with E-state index in [1.165, 1.54) is 12.8 Å². The minimum Gasteiger partial charge on any atom is -0.565 e. The molecule has 0 aliphatic rings. The van der Waals surface area contributed by atoms with Crippen LogP contribution in [0, 0.1) is 0 Å². The van der Waals surface area contributed by atoms with E-state index in [0.717, 1.165) is 0 Å². The minimum absolute atomic E-state index is 0. The Balaban J connectivity index is -0.000000127. The fourth-order valence-electron chi connectivity index (χ4n) is 0.136. The molecule has 0 saturated carbocycles. The third-order valence-electron chi connectivity index (χ3n) is 0.283.